The fourth-order valence-electron chi connectivity index (χ4n) is 1.31. The summed E-state index contributed by atoms with van der Waals surface area (Å²) in [6.45, 7) is 0. The molecule has 0 saturated carbocycles. The molecule has 0 spiro atoms. The lowest BCUT2D eigenvalue weighted by molar-refractivity contribution is 0.0896. The second-order valence-corrected chi connectivity index (χ2v) is 4.14. The quantitative estimate of drug-likeness (QED) is 0.600. The SMILES string of the molecule is O=C(CC(=O)c1cncs1)c1ccccc1. The van der Waals surface area contributed by atoms with Crippen molar-refractivity contribution in [3.63, 3.8) is 0 Å². The van der Waals surface area contributed by atoms with Crippen LogP contribution in [0, 0.1) is 0 Å². The maximum Gasteiger partial charge on any atom is 0.182 e. The molecule has 2 aromatic rings. The molecule has 0 aliphatic rings. The Kier molecular flexibility index (Phi) is 3.22. The Bertz CT molecular complexity index is 491. The van der Waals surface area contributed by atoms with Gasteiger partial charge in [0.2, 0.25) is 0 Å². The monoisotopic (exact) mass is 231 g/mol. The average Bonchev–Trinajstić information content (AvgIpc) is 2.83. The molecule has 1 aromatic carbocycles. The van der Waals surface area contributed by atoms with Crippen molar-refractivity contribution < 1.29 is 9.59 Å². The third kappa shape index (κ3) is 2.41. The zero-order chi connectivity index (χ0) is 11.4. The number of rotatable bonds is 4. The Labute approximate surface area is 96.8 Å². The Morgan fingerprint density at radius 3 is 2.50 bits per heavy atom. The van der Waals surface area contributed by atoms with Crippen LogP contribution in [0.3, 0.4) is 0 Å². The summed E-state index contributed by atoms with van der Waals surface area (Å²) in [5, 5.41) is 0. The van der Waals surface area contributed by atoms with E-state index in [0.29, 0.717) is 10.4 Å². The van der Waals surface area contributed by atoms with Gasteiger partial charge >= 0.3 is 0 Å². The molecule has 0 fully saturated rings. The van der Waals surface area contributed by atoms with E-state index in [4.69, 9.17) is 0 Å². The lowest BCUT2D eigenvalue weighted by Crippen LogP contribution is -2.07. The molecular formula is C12H9NO2S. The highest BCUT2D eigenvalue weighted by molar-refractivity contribution is 7.11. The van der Waals surface area contributed by atoms with Crippen LogP contribution in [-0.2, 0) is 0 Å². The summed E-state index contributed by atoms with van der Waals surface area (Å²) in [5.74, 6) is -0.324. The van der Waals surface area contributed by atoms with Gasteiger partial charge in [-0.2, -0.15) is 0 Å². The number of carbonyl (C=O) groups excluding carboxylic acids is 2. The average molecular weight is 231 g/mol. The number of thiazole rings is 1. The first-order valence-electron chi connectivity index (χ1n) is 4.77. The standard InChI is InChI=1S/C12H9NO2S/c14-10(9-4-2-1-3-5-9)6-11(15)12-7-13-8-16-12/h1-5,7-8H,6H2. The topological polar surface area (TPSA) is 47.0 Å². The van der Waals surface area contributed by atoms with E-state index in [9.17, 15) is 9.59 Å². The fourth-order valence-corrected chi connectivity index (χ4v) is 1.87. The molecule has 0 atom stereocenters. The number of hydrogen-bond acceptors (Lipinski definition) is 4. The first-order valence-corrected chi connectivity index (χ1v) is 5.65. The highest BCUT2D eigenvalue weighted by Gasteiger charge is 2.14. The molecule has 1 aromatic heterocycles. The maximum absolute atomic E-state index is 11.7. The summed E-state index contributed by atoms with van der Waals surface area (Å²) in [6, 6.07) is 8.82. The second kappa shape index (κ2) is 4.81. The maximum atomic E-state index is 11.7. The van der Waals surface area contributed by atoms with Gasteiger partial charge in [0.05, 0.1) is 16.8 Å². The Balaban J connectivity index is 2.06. The summed E-state index contributed by atoms with van der Waals surface area (Å²) >= 11 is 1.26. The van der Waals surface area contributed by atoms with Gasteiger partial charge in [0.15, 0.2) is 11.6 Å². The number of ketones is 2. The van der Waals surface area contributed by atoms with Gasteiger partial charge in [-0.15, -0.1) is 11.3 Å². The van der Waals surface area contributed by atoms with Gasteiger partial charge in [0.25, 0.3) is 0 Å². The van der Waals surface area contributed by atoms with Crippen LogP contribution >= 0.6 is 11.3 Å². The molecule has 3 nitrogen and oxygen atoms in total. The van der Waals surface area contributed by atoms with E-state index in [2.05, 4.69) is 4.98 Å². The van der Waals surface area contributed by atoms with Gasteiger partial charge in [-0.25, -0.2) is 0 Å². The number of nitrogens with zero attached hydrogens (tertiary/aromatic N) is 1. The van der Waals surface area contributed by atoms with Crippen molar-refractivity contribution >= 4 is 22.9 Å². The molecule has 0 bridgehead atoms. The number of benzene rings is 1. The van der Waals surface area contributed by atoms with Crippen LogP contribution in [0.15, 0.2) is 42.0 Å². The van der Waals surface area contributed by atoms with Gasteiger partial charge < -0.3 is 0 Å². The van der Waals surface area contributed by atoms with Crippen molar-refractivity contribution in [2.24, 2.45) is 0 Å². The molecule has 16 heavy (non-hydrogen) atoms. The zero-order valence-corrected chi connectivity index (χ0v) is 9.24. The summed E-state index contributed by atoms with van der Waals surface area (Å²) in [5.41, 5.74) is 2.15. The largest absolute Gasteiger partial charge is 0.294 e. The lowest BCUT2D eigenvalue weighted by Gasteiger charge is -1.98. The van der Waals surface area contributed by atoms with Gasteiger partial charge in [-0.05, 0) is 0 Å². The normalized spacial score (nSPS) is 10.0. The number of Topliss-reactive ketones (excluding diaryl/α,β-unsaturated/α-hetero) is 2. The fraction of sp³-hybridized carbons (Fsp3) is 0.0833. The molecule has 80 valence electrons. The van der Waals surface area contributed by atoms with Crippen LogP contribution in [0.5, 0.6) is 0 Å². The van der Waals surface area contributed by atoms with E-state index in [1.807, 2.05) is 6.07 Å². The van der Waals surface area contributed by atoms with Gasteiger partial charge in [-0.1, -0.05) is 30.3 Å². The van der Waals surface area contributed by atoms with Gasteiger partial charge in [-0.3, -0.25) is 14.6 Å². The Morgan fingerprint density at radius 2 is 1.88 bits per heavy atom. The molecule has 0 aliphatic carbocycles. The van der Waals surface area contributed by atoms with E-state index in [-0.39, 0.29) is 18.0 Å². The minimum absolute atomic E-state index is 0.0911. The lowest BCUT2D eigenvalue weighted by atomic mass is 10.1. The molecule has 0 unspecified atom stereocenters. The minimum Gasteiger partial charge on any atom is -0.294 e. The number of aromatic nitrogens is 1. The summed E-state index contributed by atoms with van der Waals surface area (Å²) in [6.07, 6.45) is 1.40. The molecule has 2 rings (SSSR count). The van der Waals surface area contributed by atoms with Crippen LogP contribution in [-0.4, -0.2) is 16.6 Å². The van der Waals surface area contributed by atoms with E-state index in [1.165, 1.54) is 17.5 Å². The highest BCUT2D eigenvalue weighted by atomic mass is 32.1. The van der Waals surface area contributed by atoms with Gasteiger partial charge in [0, 0.05) is 11.8 Å². The Hall–Kier alpha value is -1.81. The van der Waals surface area contributed by atoms with Crippen molar-refractivity contribution in [2.45, 2.75) is 6.42 Å². The number of hydrogen-bond donors (Lipinski definition) is 0. The van der Waals surface area contributed by atoms with Crippen LogP contribution in [0.25, 0.3) is 0 Å². The van der Waals surface area contributed by atoms with E-state index < -0.39 is 0 Å². The second-order valence-electron chi connectivity index (χ2n) is 3.25. The minimum atomic E-state index is -0.170. The molecule has 0 aliphatic heterocycles. The van der Waals surface area contributed by atoms with Crippen molar-refractivity contribution in [3.8, 4) is 0 Å². The van der Waals surface area contributed by atoms with Crippen LogP contribution in [0.1, 0.15) is 26.5 Å². The molecule has 0 saturated heterocycles. The van der Waals surface area contributed by atoms with E-state index >= 15 is 0 Å². The predicted molar refractivity (Wildman–Crippen MR) is 61.8 cm³/mol. The van der Waals surface area contributed by atoms with Gasteiger partial charge in [0.1, 0.15) is 0 Å². The number of carbonyl (C=O) groups is 2. The predicted octanol–water partition coefficient (Wildman–Crippen LogP) is 2.60. The molecular weight excluding hydrogens is 222 g/mol. The molecule has 0 N–H and O–H groups in total. The zero-order valence-electron chi connectivity index (χ0n) is 8.42. The molecule has 0 amide bonds. The van der Waals surface area contributed by atoms with Crippen LogP contribution < -0.4 is 0 Å². The summed E-state index contributed by atoms with van der Waals surface area (Å²) in [4.78, 5) is 27.7. The van der Waals surface area contributed by atoms with Crippen LogP contribution in [0.4, 0.5) is 0 Å². The Morgan fingerprint density at radius 1 is 1.12 bits per heavy atom. The summed E-state index contributed by atoms with van der Waals surface area (Å²) < 4.78 is 0. The van der Waals surface area contributed by atoms with Crippen molar-refractivity contribution in [1.29, 1.82) is 0 Å². The third-order valence-electron chi connectivity index (χ3n) is 2.12. The first kappa shape index (κ1) is 10.7. The third-order valence-corrected chi connectivity index (χ3v) is 2.94. The smallest absolute Gasteiger partial charge is 0.182 e. The van der Waals surface area contributed by atoms with E-state index in [0.717, 1.165) is 0 Å². The van der Waals surface area contributed by atoms with Crippen LogP contribution in [0.2, 0.25) is 0 Å². The molecule has 4 heteroatoms. The summed E-state index contributed by atoms with van der Waals surface area (Å²) in [7, 11) is 0. The first-order chi connectivity index (χ1) is 7.77. The molecule has 0 radical (unpaired) electrons. The highest BCUT2D eigenvalue weighted by Crippen LogP contribution is 2.11. The van der Waals surface area contributed by atoms with Crippen molar-refractivity contribution in [1.82, 2.24) is 4.98 Å². The van der Waals surface area contributed by atoms with Crippen molar-refractivity contribution in [3.05, 3.63) is 52.5 Å². The van der Waals surface area contributed by atoms with E-state index in [1.54, 1.807) is 29.8 Å². The van der Waals surface area contributed by atoms with Crippen molar-refractivity contribution in [2.75, 3.05) is 0 Å². The molecule has 1 heterocycles.